The van der Waals surface area contributed by atoms with Crippen molar-refractivity contribution in [3.8, 4) is 0 Å². The molecule has 0 bridgehead atoms. The molecular formula is C13H19FN2O3S. The highest BCUT2D eigenvalue weighted by atomic mass is 32.2. The van der Waals surface area contributed by atoms with Crippen LogP contribution in [0.2, 0.25) is 0 Å². The number of aliphatic hydroxyl groups excluding tert-OH is 1. The van der Waals surface area contributed by atoms with Crippen molar-refractivity contribution in [3.63, 3.8) is 0 Å². The molecule has 1 saturated carbocycles. The molecular weight excluding hydrogens is 283 g/mol. The molecule has 7 heteroatoms. The minimum absolute atomic E-state index is 0.0800. The number of nitrogens with one attached hydrogen (secondary N) is 1. The second kappa shape index (κ2) is 5.67. The van der Waals surface area contributed by atoms with Crippen LogP contribution in [0.3, 0.4) is 0 Å². The van der Waals surface area contributed by atoms with Crippen LogP contribution in [0, 0.1) is 5.82 Å². The van der Waals surface area contributed by atoms with Gasteiger partial charge in [-0.2, -0.15) is 0 Å². The normalized spacial score (nSPS) is 18.8. The molecule has 0 aromatic heterocycles. The summed E-state index contributed by atoms with van der Waals surface area (Å²) >= 11 is 0. The number of sulfonamides is 1. The van der Waals surface area contributed by atoms with Crippen molar-refractivity contribution < 1.29 is 17.9 Å². The Balaban J connectivity index is 2.25. The van der Waals surface area contributed by atoms with E-state index in [9.17, 15) is 17.9 Å². The lowest BCUT2D eigenvalue weighted by Crippen LogP contribution is -2.44. The van der Waals surface area contributed by atoms with Gasteiger partial charge in [-0.3, -0.25) is 0 Å². The van der Waals surface area contributed by atoms with Crippen molar-refractivity contribution in [3.05, 3.63) is 24.0 Å². The van der Waals surface area contributed by atoms with E-state index in [-0.39, 0.29) is 17.2 Å². The molecule has 0 unspecified atom stereocenters. The van der Waals surface area contributed by atoms with E-state index in [1.54, 1.807) is 0 Å². The summed E-state index contributed by atoms with van der Waals surface area (Å²) in [5.41, 5.74) is -0.337. The van der Waals surface area contributed by atoms with Gasteiger partial charge in [-0.15, -0.1) is 0 Å². The van der Waals surface area contributed by atoms with Gasteiger partial charge in [0.2, 0.25) is 10.0 Å². The van der Waals surface area contributed by atoms with Gasteiger partial charge in [0.15, 0.2) is 0 Å². The van der Waals surface area contributed by atoms with Crippen molar-refractivity contribution in [1.82, 2.24) is 0 Å². The largest absolute Gasteiger partial charge is 0.394 e. The predicted octanol–water partition coefficient (Wildman–Crippen LogP) is 1.58. The van der Waals surface area contributed by atoms with E-state index < -0.39 is 21.4 Å². The molecule has 112 valence electrons. The molecule has 0 radical (unpaired) electrons. The number of hydrogen-bond donors (Lipinski definition) is 3. The number of hydrogen-bond acceptors (Lipinski definition) is 4. The summed E-state index contributed by atoms with van der Waals surface area (Å²) in [5.74, 6) is -0.685. The van der Waals surface area contributed by atoms with E-state index in [0.29, 0.717) is 0 Å². The zero-order chi connectivity index (χ0) is 14.8. The Morgan fingerprint density at radius 2 is 1.95 bits per heavy atom. The van der Waals surface area contributed by atoms with E-state index in [1.165, 1.54) is 12.1 Å². The summed E-state index contributed by atoms with van der Waals surface area (Å²) < 4.78 is 36.3. The lowest BCUT2D eigenvalue weighted by molar-refractivity contribution is 0.172. The number of anilines is 1. The Morgan fingerprint density at radius 1 is 1.30 bits per heavy atom. The maximum atomic E-state index is 14.0. The third kappa shape index (κ3) is 3.28. The SMILES string of the molecule is NS(=O)(=O)c1ccc(NC2(CO)CCCCC2)c(F)c1. The molecule has 2 rings (SSSR count). The number of rotatable bonds is 4. The van der Waals surface area contributed by atoms with E-state index in [2.05, 4.69) is 5.32 Å². The van der Waals surface area contributed by atoms with Crippen LogP contribution in [0.1, 0.15) is 32.1 Å². The lowest BCUT2D eigenvalue weighted by Gasteiger charge is -2.37. The van der Waals surface area contributed by atoms with Crippen LogP contribution in [0.5, 0.6) is 0 Å². The average Bonchev–Trinajstić information content (AvgIpc) is 2.41. The predicted molar refractivity (Wildman–Crippen MR) is 74.3 cm³/mol. The first-order valence-corrected chi connectivity index (χ1v) is 8.12. The third-order valence-electron chi connectivity index (χ3n) is 3.78. The maximum Gasteiger partial charge on any atom is 0.238 e. The first kappa shape index (κ1) is 15.2. The molecule has 0 atom stereocenters. The summed E-state index contributed by atoms with van der Waals surface area (Å²) in [6.45, 7) is -0.0800. The van der Waals surface area contributed by atoms with E-state index in [1.807, 2.05) is 0 Å². The van der Waals surface area contributed by atoms with E-state index >= 15 is 0 Å². The lowest BCUT2D eigenvalue weighted by atomic mass is 9.82. The smallest absolute Gasteiger partial charge is 0.238 e. The van der Waals surface area contributed by atoms with Crippen LogP contribution in [-0.2, 0) is 10.0 Å². The minimum Gasteiger partial charge on any atom is -0.394 e. The van der Waals surface area contributed by atoms with Crippen molar-refractivity contribution in [2.45, 2.75) is 42.5 Å². The average molecular weight is 302 g/mol. The quantitative estimate of drug-likeness (QED) is 0.787. The first-order chi connectivity index (χ1) is 9.36. The van der Waals surface area contributed by atoms with Crippen LogP contribution in [-0.4, -0.2) is 25.7 Å². The number of halogens is 1. The summed E-state index contributed by atoms with van der Waals surface area (Å²) in [5, 5.41) is 17.6. The van der Waals surface area contributed by atoms with Gasteiger partial charge in [0.05, 0.1) is 22.7 Å². The van der Waals surface area contributed by atoms with Crippen molar-refractivity contribution in [2.24, 2.45) is 5.14 Å². The van der Waals surface area contributed by atoms with Gasteiger partial charge in [-0.25, -0.2) is 17.9 Å². The monoisotopic (exact) mass is 302 g/mol. The number of nitrogens with two attached hydrogens (primary N) is 1. The standard InChI is InChI=1S/C13H19FN2O3S/c14-11-8-10(20(15,18)19)4-5-12(11)16-13(9-17)6-2-1-3-7-13/h4-5,8,16-17H,1-3,6-7,9H2,(H2,15,18,19). The zero-order valence-electron chi connectivity index (χ0n) is 11.1. The van der Waals surface area contributed by atoms with Gasteiger partial charge in [0.1, 0.15) is 5.82 Å². The molecule has 1 fully saturated rings. The Labute approximate surface area is 118 Å². The molecule has 0 spiro atoms. The van der Waals surface area contributed by atoms with Gasteiger partial charge >= 0.3 is 0 Å². The van der Waals surface area contributed by atoms with Gasteiger partial charge in [0.25, 0.3) is 0 Å². The highest BCUT2D eigenvalue weighted by molar-refractivity contribution is 7.89. The van der Waals surface area contributed by atoms with Crippen LogP contribution < -0.4 is 10.5 Å². The van der Waals surface area contributed by atoms with E-state index in [4.69, 9.17) is 5.14 Å². The Morgan fingerprint density at radius 3 is 2.45 bits per heavy atom. The van der Waals surface area contributed by atoms with E-state index in [0.717, 1.165) is 38.2 Å². The third-order valence-corrected chi connectivity index (χ3v) is 4.69. The summed E-state index contributed by atoms with van der Waals surface area (Å²) in [7, 11) is -3.91. The minimum atomic E-state index is -3.91. The fourth-order valence-electron chi connectivity index (χ4n) is 2.61. The van der Waals surface area contributed by atoms with Crippen molar-refractivity contribution >= 4 is 15.7 Å². The first-order valence-electron chi connectivity index (χ1n) is 6.58. The highest BCUT2D eigenvalue weighted by Gasteiger charge is 2.31. The summed E-state index contributed by atoms with van der Waals surface area (Å²) in [6, 6.07) is 3.50. The highest BCUT2D eigenvalue weighted by Crippen LogP contribution is 2.32. The van der Waals surface area contributed by atoms with Gasteiger partial charge in [0, 0.05) is 0 Å². The molecule has 0 saturated heterocycles. The second-order valence-corrected chi connectivity index (χ2v) is 6.87. The molecule has 1 aliphatic carbocycles. The van der Waals surface area contributed by atoms with Crippen LogP contribution in [0.4, 0.5) is 10.1 Å². The number of aliphatic hydroxyl groups is 1. The number of primary sulfonamides is 1. The molecule has 0 aliphatic heterocycles. The van der Waals surface area contributed by atoms with Crippen LogP contribution >= 0.6 is 0 Å². The van der Waals surface area contributed by atoms with Gasteiger partial charge in [-0.1, -0.05) is 19.3 Å². The molecule has 5 nitrogen and oxygen atoms in total. The van der Waals surface area contributed by atoms with Gasteiger partial charge in [-0.05, 0) is 31.0 Å². The molecule has 0 amide bonds. The topological polar surface area (TPSA) is 92.4 Å². The fourth-order valence-corrected chi connectivity index (χ4v) is 3.14. The summed E-state index contributed by atoms with van der Waals surface area (Å²) in [4.78, 5) is -0.262. The zero-order valence-corrected chi connectivity index (χ0v) is 11.9. The Hall–Kier alpha value is -1.18. The fraction of sp³-hybridized carbons (Fsp3) is 0.538. The second-order valence-electron chi connectivity index (χ2n) is 5.31. The number of benzene rings is 1. The molecule has 4 N–H and O–H groups in total. The molecule has 1 aromatic rings. The van der Waals surface area contributed by atoms with Crippen molar-refractivity contribution in [2.75, 3.05) is 11.9 Å². The Bertz CT molecular complexity index is 583. The molecule has 20 heavy (non-hydrogen) atoms. The van der Waals surface area contributed by atoms with Crippen LogP contribution in [0.15, 0.2) is 23.1 Å². The maximum absolute atomic E-state index is 14.0. The molecule has 1 aliphatic rings. The van der Waals surface area contributed by atoms with Gasteiger partial charge < -0.3 is 10.4 Å². The Kier molecular flexibility index (Phi) is 4.31. The molecule has 0 heterocycles. The summed E-state index contributed by atoms with van der Waals surface area (Å²) in [6.07, 6.45) is 4.59. The van der Waals surface area contributed by atoms with Crippen LogP contribution in [0.25, 0.3) is 0 Å². The van der Waals surface area contributed by atoms with Crippen molar-refractivity contribution in [1.29, 1.82) is 0 Å². The molecule has 1 aromatic carbocycles.